The van der Waals surface area contributed by atoms with Crippen LogP contribution in [0, 0.1) is 10.7 Å². The van der Waals surface area contributed by atoms with Crippen molar-refractivity contribution in [1.82, 2.24) is 19.8 Å². The number of nitrogens with zero attached hydrogens (tertiary/aromatic N) is 2. The predicted octanol–water partition coefficient (Wildman–Crippen LogP) is 3.77. The first-order valence-electron chi connectivity index (χ1n) is 11.8. The van der Waals surface area contributed by atoms with E-state index in [0.29, 0.717) is 55.6 Å². The monoisotopic (exact) mass is 482 g/mol. The summed E-state index contributed by atoms with van der Waals surface area (Å²) in [5, 5.41) is 3.54. The van der Waals surface area contributed by atoms with Gasteiger partial charge >= 0.3 is 0 Å². The molecule has 0 unspecified atom stereocenters. The van der Waals surface area contributed by atoms with Crippen LogP contribution in [-0.2, 0) is 22.7 Å². The van der Waals surface area contributed by atoms with E-state index in [-0.39, 0.29) is 23.3 Å². The summed E-state index contributed by atoms with van der Waals surface area (Å²) >= 11 is 5.35. The fourth-order valence-electron chi connectivity index (χ4n) is 4.41. The predicted molar refractivity (Wildman–Crippen MR) is 132 cm³/mol. The fourth-order valence-corrected chi connectivity index (χ4v) is 4.69. The zero-order chi connectivity index (χ0) is 23.9. The van der Waals surface area contributed by atoms with Crippen molar-refractivity contribution < 1.29 is 14.0 Å². The minimum atomic E-state index is -0.0773. The number of carbonyl (C=O) groups is 2. The Morgan fingerprint density at radius 2 is 1.88 bits per heavy atom. The number of nitrogens with one attached hydrogen (secondary N) is 2. The minimum absolute atomic E-state index is 0.0192. The van der Waals surface area contributed by atoms with Gasteiger partial charge in [0.1, 0.15) is 5.76 Å². The molecule has 1 aliphatic rings. The molecule has 0 bridgehead atoms. The highest BCUT2D eigenvalue weighted by Gasteiger charge is 2.27. The molecule has 0 aliphatic carbocycles. The lowest BCUT2D eigenvalue weighted by Gasteiger charge is -2.31. The number of fused-ring (bicyclic) bond motifs is 1. The van der Waals surface area contributed by atoms with E-state index in [1.165, 1.54) is 0 Å². The van der Waals surface area contributed by atoms with Crippen LogP contribution < -0.4 is 10.9 Å². The Kier molecular flexibility index (Phi) is 7.95. The molecule has 0 spiro atoms. The van der Waals surface area contributed by atoms with Gasteiger partial charge in [0.15, 0.2) is 4.77 Å². The molecule has 1 fully saturated rings. The van der Waals surface area contributed by atoms with Gasteiger partial charge in [0.25, 0.3) is 5.56 Å². The average molecular weight is 483 g/mol. The molecule has 3 heterocycles. The molecular formula is C25H30N4O4S. The van der Waals surface area contributed by atoms with Crippen molar-refractivity contribution in [2.45, 2.75) is 51.6 Å². The molecule has 3 aromatic rings. The van der Waals surface area contributed by atoms with Gasteiger partial charge in [0.05, 0.1) is 23.7 Å². The third-order valence-electron chi connectivity index (χ3n) is 6.40. The second-order valence-corrected chi connectivity index (χ2v) is 9.08. The second-order valence-electron chi connectivity index (χ2n) is 8.70. The number of aromatic amines is 1. The van der Waals surface area contributed by atoms with Gasteiger partial charge in [0, 0.05) is 32.0 Å². The lowest BCUT2D eigenvalue weighted by molar-refractivity contribution is -0.135. The van der Waals surface area contributed by atoms with Crippen molar-refractivity contribution in [3.05, 3.63) is 63.5 Å². The van der Waals surface area contributed by atoms with Gasteiger partial charge < -0.3 is 19.6 Å². The number of H-pyrrole nitrogens is 1. The van der Waals surface area contributed by atoms with Crippen molar-refractivity contribution in [3.63, 3.8) is 0 Å². The molecule has 0 radical (unpaired) electrons. The molecular weight excluding hydrogens is 452 g/mol. The Balaban J connectivity index is 1.16. The Labute approximate surface area is 203 Å². The topological polar surface area (TPSA) is 100 Å². The molecule has 180 valence electrons. The Morgan fingerprint density at radius 1 is 1.09 bits per heavy atom. The molecule has 1 aliphatic heterocycles. The zero-order valence-electron chi connectivity index (χ0n) is 19.1. The number of benzene rings is 1. The summed E-state index contributed by atoms with van der Waals surface area (Å²) in [6.45, 7) is 2.14. The number of amides is 2. The summed E-state index contributed by atoms with van der Waals surface area (Å²) in [4.78, 5) is 42.6. The molecule has 9 heteroatoms. The number of para-hydroxylation sites is 1. The van der Waals surface area contributed by atoms with Crippen LogP contribution in [0.3, 0.4) is 0 Å². The summed E-state index contributed by atoms with van der Waals surface area (Å²) in [5.74, 6) is 0.817. The van der Waals surface area contributed by atoms with E-state index in [2.05, 4.69) is 10.3 Å². The van der Waals surface area contributed by atoms with Gasteiger partial charge in [-0.05, 0) is 62.2 Å². The number of carbonyl (C=O) groups excluding carboxylic acids is 2. The number of hydrogen-bond donors (Lipinski definition) is 2. The van der Waals surface area contributed by atoms with Crippen LogP contribution in [0.2, 0.25) is 0 Å². The highest BCUT2D eigenvalue weighted by atomic mass is 32.1. The van der Waals surface area contributed by atoms with Crippen LogP contribution in [0.5, 0.6) is 0 Å². The standard InChI is InChI=1S/C25H30N4O4S/c30-22(28-14-11-18(12-15-28)23(31)26-17-19-7-6-16-33-19)10-2-1-5-13-29-24(32)20-8-3-4-9-21(20)27-25(29)34/h3-4,6-9,16,18H,1-2,5,10-15,17H2,(H,26,31)(H,27,34). The number of likely N-dealkylation sites (tertiary alicyclic amines) is 1. The van der Waals surface area contributed by atoms with Crippen molar-refractivity contribution >= 4 is 34.9 Å². The first kappa shape index (κ1) is 23.9. The third kappa shape index (κ3) is 5.83. The maximum atomic E-state index is 12.7. The van der Waals surface area contributed by atoms with Gasteiger partial charge in [-0.1, -0.05) is 18.6 Å². The molecule has 4 rings (SSSR count). The number of aromatic nitrogens is 2. The first-order valence-corrected chi connectivity index (χ1v) is 12.2. The second kappa shape index (κ2) is 11.3. The number of furan rings is 1. The maximum Gasteiger partial charge on any atom is 0.262 e. The Morgan fingerprint density at radius 3 is 2.65 bits per heavy atom. The largest absolute Gasteiger partial charge is 0.467 e. The van der Waals surface area contributed by atoms with Gasteiger partial charge in [-0.3, -0.25) is 19.0 Å². The van der Waals surface area contributed by atoms with Gasteiger partial charge in [-0.25, -0.2) is 0 Å². The van der Waals surface area contributed by atoms with Gasteiger partial charge in [0.2, 0.25) is 11.8 Å². The van der Waals surface area contributed by atoms with Crippen LogP contribution in [0.1, 0.15) is 44.3 Å². The molecule has 0 atom stereocenters. The normalized spacial score (nSPS) is 14.4. The van der Waals surface area contributed by atoms with Gasteiger partial charge in [-0.2, -0.15) is 0 Å². The quantitative estimate of drug-likeness (QED) is 0.357. The molecule has 1 saturated heterocycles. The van der Waals surface area contributed by atoms with Crippen molar-refractivity contribution in [2.75, 3.05) is 13.1 Å². The van der Waals surface area contributed by atoms with Crippen molar-refractivity contribution in [2.24, 2.45) is 5.92 Å². The number of unbranched alkanes of at least 4 members (excludes halogenated alkanes) is 2. The molecule has 2 aromatic heterocycles. The summed E-state index contributed by atoms with van der Waals surface area (Å²) < 4.78 is 7.26. The zero-order valence-corrected chi connectivity index (χ0v) is 19.9. The SMILES string of the molecule is O=C(NCc1ccco1)C1CCN(C(=O)CCCCCn2c(=S)[nH]c3ccccc3c2=O)CC1. The lowest BCUT2D eigenvalue weighted by Crippen LogP contribution is -2.42. The maximum absolute atomic E-state index is 12.7. The molecule has 2 amide bonds. The number of piperidine rings is 1. The van der Waals surface area contributed by atoms with E-state index in [4.69, 9.17) is 16.6 Å². The van der Waals surface area contributed by atoms with E-state index >= 15 is 0 Å². The number of rotatable bonds is 9. The smallest absolute Gasteiger partial charge is 0.262 e. The third-order valence-corrected chi connectivity index (χ3v) is 6.72. The molecule has 1 aromatic carbocycles. The average Bonchev–Trinajstić information content (AvgIpc) is 3.38. The van der Waals surface area contributed by atoms with E-state index in [0.717, 1.165) is 30.5 Å². The summed E-state index contributed by atoms with van der Waals surface area (Å²) in [5.41, 5.74) is 0.671. The van der Waals surface area contributed by atoms with E-state index < -0.39 is 0 Å². The molecule has 0 saturated carbocycles. The van der Waals surface area contributed by atoms with Crippen LogP contribution in [0.25, 0.3) is 10.9 Å². The van der Waals surface area contributed by atoms with Crippen LogP contribution in [-0.4, -0.2) is 39.4 Å². The summed E-state index contributed by atoms with van der Waals surface area (Å²) in [6, 6.07) is 11.0. The lowest BCUT2D eigenvalue weighted by atomic mass is 9.95. The molecule has 34 heavy (non-hydrogen) atoms. The highest BCUT2D eigenvalue weighted by Crippen LogP contribution is 2.19. The minimum Gasteiger partial charge on any atom is -0.467 e. The van der Waals surface area contributed by atoms with Crippen molar-refractivity contribution in [1.29, 1.82) is 0 Å². The Hall–Kier alpha value is -3.20. The summed E-state index contributed by atoms with van der Waals surface area (Å²) in [6.07, 6.45) is 5.81. The molecule has 8 nitrogen and oxygen atoms in total. The van der Waals surface area contributed by atoms with Crippen LogP contribution in [0.15, 0.2) is 51.9 Å². The number of hydrogen-bond acceptors (Lipinski definition) is 5. The first-order chi connectivity index (χ1) is 16.5. The molecule has 2 N–H and O–H groups in total. The van der Waals surface area contributed by atoms with Crippen LogP contribution >= 0.6 is 12.2 Å². The summed E-state index contributed by atoms with van der Waals surface area (Å²) in [7, 11) is 0. The highest BCUT2D eigenvalue weighted by molar-refractivity contribution is 7.71. The fraction of sp³-hybridized carbons (Fsp3) is 0.440. The van der Waals surface area contributed by atoms with Gasteiger partial charge in [-0.15, -0.1) is 0 Å². The van der Waals surface area contributed by atoms with E-state index in [9.17, 15) is 14.4 Å². The van der Waals surface area contributed by atoms with Crippen molar-refractivity contribution in [3.8, 4) is 0 Å². The Bertz CT molecular complexity index is 1240. The van der Waals surface area contributed by atoms with E-state index in [1.807, 2.05) is 29.2 Å². The van der Waals surface area contributed by atoms with E-state index in [1.54, 1.807) is 23.0 Å². The van der Waals surface area contributed by atoms with Crippen LogP contribution in [0.4, 0.5) is 0 Å².